The molecular weight excluding hydrogens is 660 g/mol. The number of carbonyl (C=O) groups excluding carboxylic acids is 2. The average molecular weight is 701 g/mol. The fourth-order valence-electron chi connectivity index (χ4n) is 7.20. The summed E-state index contributed by atoms with van der Waals surface area (Å²) in [5.41, 5.74) is 8.94. The van der Waals surface area contributed by atoms with Crippen LogP contribution in [-0.4, -0.2) is 54.7 Å². The van der Waals surface area contributed by atoms with Crippen LogP contribution < -0.4 is 25.0 Å². The van der Waals surface area contributed by atoms with Crippen LogP contribution in [0.3, 0.4) is 0 Å². The lowest BCUT2D eigenvalue weighted by Crippen LogP contribution is -2.45. The Balaban J connectivity index is 1.22. The SMILES string of the molecule is COc1cc2c(cc1OC(C)C)[C@H](c1ccc(Cl)cc1)N(c1ccc(N(C)CC3CCC(C(N)=O)(c4nc(C(=O)O)co4)CC3)cc1)C(=O)C2. The zero-order valence-corrected chi connectivity index (χ0v) is 29.3. The molecule has 2 amide bonds. The van der Waals surface area contributed by atoms with E-state index < -0.39 is 23.3 Å². The first-order chi connectivity index (χ1) is 23.9. The van der Waals surface area contributed by atoms with Crippen molar-refractivity contribution in [1.29, 1.82) is 0 Å². The second-order valence-electron chi connectivity index (χ2n) is 13.4. The summed E-state index contributed by atoms with van der Waals surface area (Å²) in [6.45, 7) is 4.65. The predicted molar refractivity (Wildman–Crippen MR) is 189 cm³/mol. The number of methoxy groups -OCH3 is 1. The van der Waals surface area contributed by atoms with Gasteiger partial charge >= 0.3 is 5.97 Å². The summed E-state index contributed by atoms with van der Waals surface area (Å²) in [6, 6.07) is 19.0. The number of aromatic carboxylic acids is 1. The summed E-state index contributed by atoms with van der Waals surface area (Å²) >= 11 is 6.27. The fourth-order valence-corrected chi connectivity index (χ4v) is 7.33. The van der Waals surface area contributed by atoms with Gasteiger partial charge in [0.15, 0.2) is 17.2 Å². The van der Waals surface area contributed by atoms with Gasteiger partial charge in [0.25, 0.3) is 0 Å². The molecule has 262 valence electrons. The van der Waals surface area contributed by atoms with E-state index in [0.29, 0.717) is 42.2 Å². The molecule has 1 aliphatic carbocycles. The van der Waals surface area contributed by atoms with Crippen molar-refractivity contribution in [3.05, 3.63) is 100 Å². The highest BCUT2D eigenvalue weighted by molar-refractivity contribution is 6.30. The third-order valence-corrected chi connectivity index (χ3v) is 10.1. The average Bonchev–Trinajstić information content (AvgIpc) is 3.60. The number of nitrogens with two attached hydrogens (primary N) is 1. The van der Waals surface area contributed by atoms with E-state index in [2.05, 4.69) is 9.88 Å². The van der Waals surface area contributed by atoms with Crippen molar-refractivity contribution in [2.75, 3.05) is 30.5 Å². The first-order valence-corrected chi connectivity index (χ1v) is 17.0. The molecule has 1 aliphatic heterocycles. The number of amides is 2. The molecule has 1 saturated carbocycles. The van der Waals surface area contributed by atoms with Crippen molar-refractivity contribution in [3.8, 4) is 11.5 Å². The molecule has 0 saturated heterocycles. The second kappa shape index (κ2) is 14.1. The van der Waals surface area contributed by atoms with Crippen LogP contribution >= 0.6 is 11.6 Å². The number of rotatable bonds is 11. The lowest BCUT2D eigenvalue weighted by molar-refractivity contribution is -0.126. The summed E-state index contributed by atoms with van der Waals surface area (Å²) in [5.74, 6) is -0.291. The monoisotopic (exact) mass is 700 g/mol. The van der Waals surface area contributed by atoms with E-state index >= 15 is 0 Å². The Morgan fingerprint density at radius 1 is 1.10 bits per heavy atom. The van der Waals surface area contributed by atoms with Crippen LogP contribution in [0.2, 0.25) is 5.02 Å². The van der Waals surface area contributed by atoms with E-state index in [0.717, 1.165) is 40.9 Å². The van der Waals surface area contributed by atoms with E-state index in [9.17, 15) is 19.5 Å². The maximum atomic E-state index is 13.9. The maximum Gasteiger partial charge on any atom is 0.357 e. The Bertz CT molecular complexity index is 1880. The van der Waals surface area contributed by atoms with Gasteiger partial charge in [-0.15, -0.1) is 0 Å². The van der Waals surface area contributed by atoms with Gasteiger partial charge in [-0.3, -0.25) is 9.59 Å². The van der Waals surface area contributed by atoms with Crippen LogP contribution in [0.4, 0.5) is 11.4 Å². The number of hydrogen-bond acceptors (Lipinski definition) is 8. The number of nitrogens with zero attached hydrogens (tertiary/aromatic N) is 3. The minimum absolute atomic E-state index is 0.0419. The molecule has 11 nitrogen and oxygen atoms in total. The number of anilines is 2. The number of carboxylic acid groups (broad SMARTS) is 1. The molecule has 0 radical (unpaired) electrons. The quantitative estimate of drug-likeness (QED) is 0.178. The van der Waals surface area contributed by atoms with Crippen LogP contribution in [0.1, 0.15) is 78.6 Å². The second-order valence-corrected chi connectivity index (χ2v) is 13.8. The highest BCUT2D eigenvalue weighted by Gasteiger charge is 2.46. The van der Waals surface area contributed by atoms with Crippen LogP contribution in [0.15, 0.2) is 71.3 Å². The topological polar surface area (TPSA) is 148 Å². The molecule has 50 heavy (non-hydrogen) atoms. The van der Waals surface area contributed by atoms with Gasteiger partial charge in [0.05, 0.1) is 25.7 Å². The fraction of sp³-hybridized carbons (Fsp3) is 0.368. The maximum absolute atomic E-state index is 13.9. The van der Waals surface area contributed by atoms with Gasteiger partial charge < -0.3 is 34.5 Å². The van der Waals surface area contributed by atoms with Crippen molar-refractivity contribution in [2.45, 2.75) is 63.5 Å². The minimum Gasteiger partial charge on any atom is -0.493 e. The summed E-state index contributed by atoms with van der Waals surface area (Å²) in [4.78, 5) is 45.9. The molecule has 2 heterocycles. The largest absolute Gasteiger partial charge is 0.493 e. The summed E-state index contributed by atoms with van der Waals surface area (Å²) < 4.78 is 17.2. The van der Waals surface area contributed by atoms with Crippen molar-refractivity contribution in [2.24, 2.45) is 11.7 Å². The number of oxazole rings is 1. The van der Waals surface area contributed by atoms with E-state index in [1.54, 1.807) is 7.11 Å². The summed E-state index contributed by atoms with van der Waals surface area (Å²) in [7, 11) is 3.61. The zero-order chi connectivity index (χ0) is 35.7. The van der Waals surface area contributed by atoms with Gasteiger partial charge in [0, 0.05) is 30.0 Å². The number of carbonyl (C=O) groups is 3. The van der Waals surface area contributed by atoms with E-state index in [-0.39, 0.29) is 35.9 Å². The number of fused-ring (bicyclic) bond motifs is 1. The Hall–Kier alpha value is -5.03. The number of carboxylic acids is 1. The molecule has 0 unspecified atom stereocenters. The smallest absolute Gasteiger partial charge is 0.357 e. The first-order valence-electron chi connectivity index (χ1n) is 16.7. The summed E-state index contributed by atoms with van der Waals surface area (Å²) in [6.07, 6.45) is 3.40. The van der Waals surface area contributed by atoms with Gasteiger partial charge in [-0.2, -0.15) is 0 Å². The molecule has 3 N–H and O–H groups in total. The Kier molecular flexibility index (Phi) is 9.80. The molecule has 0 bridgehead atoms. The van der Waals surface area contributed by atoms with E-state index in [1.165, 1.54) is 0 Å². The molecule has 4 aromatic rings. The molecule has 3 aromatic carbocycles. The van der Waals surface area contributed by atoms with Crippen LogP contribution in [0, 0.1) is 5.92 Å². The van der Waals surface area contributed by atoms with Crippen molar-refractivity contribution in [1.82, 2.24) is 4.98 Å². The zero-order valence-electron chi connectivity index (χ0n) is 28.5. The number of ether oxygens (including phenoxy) is 2. The number of aromatic nitrogens is 1. The van der Waals surface area contributed by atoms with Gasteiger partial charge in [0.2, 0.25) is 17.7 Å². The Morgan fingerprint density at radius 3 is 2.36 bits per heavy atom. The lowest BCUT2D eigenvalue weighted by Gasteiger charge is -2.38. The highest BCUT2D eigenvalue weighted by Crippen LogP contribution is 2.45. The molecule has 12 heteroatoms. The first kappa shape index (κ1) is 34.8. The van der Waals surface area contributed by atoms with Gasteiger partial charge in [0.1, 0.15) is 11.7 Å². The number of halogens is 1. The lowest BCUT2D eigenvalue weighted by atomic mass is 9.69. The molecule has 1 atom stereocenters. The molecular formula is C38H41ClN4O7. The summed E-state index contributed by atoms with van der Waals surface area (Å²) in [5, 5.41) is 9.87. The normalized spacial score (nSPS) is 20.4. The van der Waals surface area contributed by atoms with Crippen LogP contribution in [-0.2, 0) is 21.4 Å². The third-order valence-electron chi connectivity index (χ3n) is 9.80. The van der Waals surface area contributed by atoms with Crippen molar-refractivity contribution < 1.29 is 33.4 Å². The third kappa shape index (κ3) is 6.74. The molecule has 1 aromatic heterocycles. The number of primary amides is 1. The van der Waals surface area contributed by atoms with Crippen molar-refractivity contribution in [3.63, 3.8) is 0 Å². The Morgan fingerprint density at radius 2 is 1.78 bits per heavy atom. The minimum atomic E-state index is -1.22. The highest BCUT2D eigenvalue weighted by atomic mass is 35.5. The van der Waals surface area contributed by atoms with Crippen LogP contribution in [0.25, 0.3) is 0 Å². The van der Waals surface area contributed by atoms with Crippen molar-refractivity contribution >= 4 is 40.8 Å². The van der Waals surface area contributed by atoms with Gasteiger partial charge in [-0.25, -0.2) is 9.78 Å². The van der Waals surface area contributed by atoms with Gasteiger partial charge in [-0.1, -0.05) is 23.7 Å². The van der Waals surface area contributed by atoms with Gasteiger partial charge in [-0.05, 0) is 111 Å². The molecule has 6 rings (SSSR count). The van der Waals surface area contributed by atoms with E-state index in [1.807, 2.05) is 86.5 Å². The van der Waals surface area contributed by atoms with E-state index in [4.69, 9.17) is 31.2 Å². The predicted octanol–water partition coefficient (Wildman–Crippen LogP) is 6.55. The Labute approximate surface area is 295 Å². The number of benzene rings is 3. The molecule has 0 spiro atoms. The molecule has 1 fully saturated rings. The molecule has 2 aliphatic rings. The number of hydrogen-bond donors (Lipinski definition) is 2. The standard InChI is InChI=1S/C38H41ClN4O7/c1-22(2)50-32-19-29-25(17-31(32)48-4)18-33(44)43(34(29)24-5-7-26(39)8-6-24)28-11-9-27(10-12-28)42(3)20-23-13-15-38(16-14-23,36(40)47)37-41-30(21-49-37)35(45)46/h5-12,17,19,21-23,34H,13-16,18,20H2,1-4H3,(H2,40,47)(H,45,46)/t23?,34-,38?/m0/s1. The van der Waals surface area contributed by atoms with Crippen LogP contribution in [0.5, 0.6) is 11.5 Å².